The van der Waals surface area contributed by atoms with Crippen LogP contribution in [0.4, 0.5) is 5.69 Å². The van der Waals surface area contributed by atoms with Gasteiger partial charge in [0.1, 0.15) is 5.75 Å². The molecule has 0 aliphatic heterocycles. The molecule has 23 heavy (non-hydrogen) atoms. The van der Waals surface area contributed by atoms with Gasteiger partial charge in [-0.15, -0.1) is 0 Å². The van der Waals surface area contributed by atoms with Gasteiger partial charge in [0, 0.05) is 0 Å². The van der Waals surface area contributed by atoms with Gasteiger partial charge in [-0.2, -0.15) is 0 Å². The van der Waals surface area contributed by atoms with Crippen molar-refractivity contribution in [2.75, 3.05) is 11.8 Å². The summed E-state index contributed by atoms with van der Waals surface area (Å²) in [5, 5.41) is 1.18. The lowest BCUT2D eigenvalue weighted by atomic mass is 10.0. The Bertz CT molecular complexity index is 816. The highest BCUT2D eigenvalue weighted by Crippen LogP contribution is 2.25. The summed E-state index contributed by atoms with van der Waals surface area (Å²) >= 11 is 0. The first-order valence-electron chi connectivity index (χ1n) is 7.24. The van der Waals surface area contributed by atoms with Gasteiger partial charge in [0.2, 0.25) is 0 Å². The standard InChI is InChI=1S/C18H21NO3S/c1-13-11-14(2)16(15(3)12-13)9-10-23(20,21)19-17-7-5-6-8-18(17)22-4/h5-12,19H,1-4H3. The number of para-hydroxylation sites is 2. The number of hydrogen-bond acceptors (Lipinski definition) is 3. The molecule has 0 saturated carbocycles. The number of ether oxygens (including phenoxy) is 1. The third-order valence-corrected chi connectivity index (χ3v) is 4.51. The van der Waals surface area contributed by atoms with Gasteiger partial charge in [0.15, 0.2) is 0 Å². The minimum Gasteiger partial charge on any atom is -0.495 e. The summed E-state index contributed by atoms with van der Waals surface area (Å²) < 4.78 is 32.2. The van der Waals surface area contributed by atoms with E-state index in [0.29, 0.717) is 11.4 Å². The molecule has 0 aromatic heterocycles. The Morgan fingerprint density at radius 1 is 1.04 bits per heavy atom. The molecule has 2 rings (SSSR count). The fourth-order valence-electron chi connectivity index (χ4n) is 2.53. The molecule has 0 fully saturated rings. The quantitative estimate of drug-likeness (QED) is 0.900. The molecule has 0 saturated heterocycles. The van der Waals surface area contributed by atoms with Crippen LogP contribution in [0.3, 0.4) is 0 Å². The molecule has 4 nitrogen and oxygen atoms in total. The number of methoxy groups -OCH3 is 1. The van der Waals surface area contributed by atoms with Crippen molar-refractivity contribution in [2.45, 2.75) is 20.8 Å². The summed E-state index contributed by atoms with van der Waals surface area (Å²) in [6.07, 6.45) is 1.63. The second-order valence-electron chi connectivity index (χ2n) is 5.46. The molecule has 0 aliphatic rings. The van der Waals surface area contributed by atoms with E-state index in [9.17, 15) is 8.42 Å². The number of sulfonamides is 1. The fraction of sp³-hybridized carbons (Fsp3) is 0.222. The van der Waals surface area contributed by atoms with E-state index < -0.39 is 10.0 Å². The lowest BCUT2D eigenvalue weighted by molar-refractivity contribution is 0.417. The van der Waals surface area contributed by atoms with Crippen LogP contribution in [0.25, 0.3) is 6.08 Å². The monoisotopic (exact) mass is 331 g/mol. The highest BCUT2D eigenvalue weighted by Gasteiger charge is 2.10. The van der Waals surface area contributed by atoms with Crippen molar-refractivity contribution in [3.8, 4) is 5.75 Å². The second kappa shape index (κ2) is 6.87. The fourth-order valence-corrected chi connectivity index (χ4v) is 3.39. The minimum absolute atomic E-state index is 0.414. The van der Waals surface area contributed by atoms with E-state index in [4.69, 9.17) is 4.74 Å². The average Bonchev–Trinajstić information content (AvgIpc) is 2.46. The van der Waals surface area contributed by atoms with Gasteiger partial charge in [-0.05, 0) is 55.7 Å². The lowest BCUT2D eigenvalue weighted by Gasteiger charge is -2.10. The molecular weight excluding hydrogens is 310 g/mol. The molecule has 0 amide bonds. The Hall–Kier alpha value is -2.27. The molecule has 2 aromatic carbocycles. The Balaban J connectivity index is 2.28. The lowest BCUT2D eigenvalue weighted by Crippen LogP contribution is -2.09. The van der Waals surface area contributed by atoms with Crippen LogP contribution in [-0.4, -0.2) is 15.5 Å². The third-order valence-electron chi connectivity index (χ3n) is 3.51. The zero-order chi connectivity index (χ0) is 17.0. The molecule has 0 heterocycles. The third kappa shape index (κ3) is 4.36. The average molecular weight is 331 g/mol. The van der Waals surface area contributed by atoms with E-state index >= 15 is 0 Å². The van der Waals surface area contributed by atoms with E-state index in [2.05, 4.69) is 4.72 Å². The normalized spacial score (nSPS) is 11.7. The Morgan fingerprint density at radius 2 is 1.65 bits per heavy atom. The van der Waals surface area contributed by atoms with Crippen molar-refractivity contribution >= 4 is 21.8 Å². The van der Waals surface area contributed by atoms with Crippen LogP contribution in [-0.2, 0) is 10.0 Å². The van der Waals surface area contributed by atoms with Crippen LogP contribution >= 0.6 is 0 Å². The molecule has 0 radical (unpaired) electrons. The van der Waals surface area contributed by atoms with Crippen LogP contribution in [0.1, 0.15) is 22.3 Å². The highest BCUT2D eigenvalue weighted by molar-refractivity contribution is 7.95. The molecule has 1 N–H and O–H groups in total. The SMILES string of the molecule is COc1ccccc1NS(=O)(=O)C=Cc1c(C)cc(C)cc1C. The van der Waals surface area contributed by atoms with Crippen molar-refractivity contribution in [3.63, 3.8) is 0 Å². The summed E-state index contributed by atoms with van der Waals surface area (Å²) in [6.45, 7) is 5.97. The maximum Gasteiger partial charge on any atom is 0.255 e. The first-order chi connectivity index (χ1) is 10.8. The summed E-state index contributed by atoms with van der Waals surface area (Å²) in [6, 6.07) is 11.0. The molecule has 2 aromatic rings. The van der Waals surface area contributed by atoms with E-state index in [1.54, 1.807) is 30.3 Å². The van der Waals surface area contributed by atoms with E-state index in [-0.39, 0.29) is 0 Å². The smallest absolute Gasteiger partial charge is 0.255 e. The zero-order valence-corrected chi connectivity index (χ0v) is 14.6. The number of rotatable bonds is 5. The number of anilines is 1. The largest absolute Gasteiger partial charge is 0.495 e. The highest BCUT2D eigenvalue weighted by atomic mass is 32.2. The van der Waals surface area contributed by atoms with Gasteiger partial charge in [-0.3, -0.25) is 4.72 Å². The number of hydrogen-bond donors (Lipinski definition) is 1. The first-order valence-corrected chi connectivity index (χ1v) is 8.79. The molecular formula is C18H21NO3S. The molecule has 0 spiro atoms. The van der Waals surface area contributed by atoms with Crippen molar-refractivity contribution < 1.29 is 13.2 Å². The zero-order valence-electron chi connectivity index (χ0n) is 13.8. The Morgan fingerprint density at radius 3 is 2.26 bits per heavy atom. The van der Waals surface area contributed by atoms with Gasteiger partial charge < -0.3 is 4.74 Å². The summed E-state index contributed by atoms with van der Waals surface area (Å²) in [5.74, 6) is 0.479. The molecule has 122 valence electrons. The molecule has 0 atom stereocenters. The Kier molecular flexibility index (Phi) is 5.11. The topological polar surface area (TPSA) is 55.4 Å². The van der Waals surface area contributed by atoms with Crippen molar-refractivity contribution in [1.82, 2.24) is 0 Å². The van der Waals surface area contributed by atoms with Gasteiger partial charge in [-0.25, -0.2) is 8.42 Å². The van der Waals surface area contributed by atoms with Crippen LogP contribution in [0, 0.1) is 20.8 Å². The maximum atomic E-state index is 12.3. The molecule has 0 bridgehead atoms. The first kappa shape index (κ1) is 17.1. The van der Waals surface area contributed by atoms with Crippen molar-refractivity contribution in [3.05, 3.63) is 64.1 Å². The van der Waals surface area contributed by atoms with Crippen molar-refractivity contribution in [1.29, 1.82) is 0 Å². The molecule has 0 unspecified atom stereocenters. The summed E-state index contributed by atoms with van der Waals surface area (Å²) in [7, 11) is -2.12. The predicted octanol–water partition coefficient (Wildman–Crippen LogP) is 4.03. The van der Waals surface area contributed by atoms with E-state index in [1.165, 1.54) is 12.5 Å². The second-order valence-corrected chi connectivity index (χ2v) is 7.03. The minimum atomic E-state index is -3.62. The summed E-state index contributed by atoms with van der Waals surface area (Å²) in [4.78, 5) is 0. The van der Waals surface area contributed by atoms with Gasteiger partial charge in [0.25, 0.3) is 10.0 Å². The maximum absolute atomic E-state index is 12.3. The van der Waals surface area contributed by atoms with Gasteiger partial charge in [0.05, 0.1) is 18.2 Å². The van der Waals surface area contributed by atoms with Crippen LogP contribution in [0.15, 0.2) is 41.8 Å². The Labute approximate surface area is 137 Å². The van der Waals surface area contributed by atoms with E-state index in [0.717, 1.165) is 22.3 Å². The van der Waals surface area contributed by atoms with Gasteiger partial charge in [-0.1, -0.05) is 29.8 Å². The van der Waals surface area contributed by atoms with Gasteiger partial charge >= 0.3 is 0 Å². The summed E-state index contributed by atoms with van der Waals surface area (Å²) in [5.41, 5.74) is 4.59. The number of benzene rings is 2. The number of nitrogens with one attached hydrogen (secondary N) is 1. The number of aryl methyl sites for hydroxylation is 3. The van der Waals surface area contributed by atoms with Crippen molar-refractivity contribution in [2.24, 2.45) is 0 Å². The predicted molar refractivity (Wildman–Crippen MR) is 95.2 cm³/mol. The van der Waals surface area contributed by atoms with Crippen LogP contribution in [0.2, 0.25) is 0 Å². The van der Waals surface area contributed by atoms with Crippen LogP contribution < -0.4 is 9.46 Å². The molecule has 5 heteroatoms. The van der Waals surface area contributed by atoms with Crippen LogP contribution in [0.5, 0.6) is 5.75 Å². The van der Waals surface area contributed by atoms with E-state index in [1.807, 2.05) is 32.9 Å². The molecule has 0 aliphatic carbocycles.